The van der Waals surface area contributed by atoms with Crippen LogP contribution in [0.1, 0.15) is 25.3 Å². The van der Waals surface area contributed by atoms with Gasteiger partial charge in [-0.1, -0.05) is 36.0 Å². The Balaban J connectivity index is 1.59. The van der Waals surface area contributed by atoms with Crippen molar-refractivity contribution in [1.29, 1.82) is 5.26 Å². The fraction of sp³-hybridized carbons (Fsp3) is 0.318. The lowest BCUT2D eigenvalue weighted by atomic mass is 9.98. The van der Waals surface area contributed by atoms with E-state index in [9.17, 15) is 10.1 Å². The van der Waals surface area contributed by atoms with Gasteiger partial charge in [0.15, 0.2) is 5.16 Å². The predicted octanol–water partition coefficient (Wildman–Crippen LogP) is 4.23. The molecule has 1 N–H and O–H groups in total. The summed E-state index contributed by atoms with van der Waals surface area (Å²) in [5.74, 6) is 0.353. The molecule has 4 rings (SSSR count). The van der Waals surface area contributed by atoms with Crippen LogP contribution in [0.4, 0.5) is 0 Å². The Morgan fingerprint density at radius 3 is 2.82 bits per heavy atom. The lowest BCUT2D eigenvalue weighted by Crippen LogP contribution is -2.47. The van der Waals surface area contributed by atoms with E-state index in [0.717, 1.165) is 40.3 Å². The Kier molecular flexibility index (Phi) is 4.86. The molecule has 1 saturated carbocycles. The van der Waals surface area contributed by atoms with Gasteiger partial charge in [-0.25, -0.2) is 4.98 Å². The number of benzene rings is 2. The summed E-state index contributed by atoms with van der Waals surface area (Å²) >= 11 is 1.40. The largest absolute Gasteiger partial charge is 0.337 e. The molecule has 1 atom stereocenters. The average Bonchev–Trinajstić information content (AvgIpc) is 3.48. The van der Waals surface area contributed by atoms with Crippen LogP contribution in [0.2, 0.25) is 0 Å². The van der Waals surface area contributed by atoms with E-state index in [1.54, 1.807) is 0 Å². The van der Waals surface area contributed by atoms with Crippen LogP contribution >= 0.6 is 11.8 Å². The lowest BCUT2D eigenvalue weighted by molar-refractivity contribution is -0.119. The molecular weight excluding hydrogens is 368 g/mol. The maximum atomic E-state index is 12.5. The highest BCUT2D eigenvalue weighted by atomic mass is 32.2. The molecule has 0 aliphatic heterocycles. The zero-order valence-electron chi connectivity index (χ0n) is 16.0. The molecule has 1 aromatic heterocycles. The summed E-state index contributed by atoms with van der Waals surface area (Å²) in [5, 5.41) is 13.1. The number of carbonyl (C=O) groups is 1. The van der Waals surface area contributed by atoms with E-state index in [4.69, 9.17) is 4.98 Å². The van der Waals surface area contributed by atoms with Crippen molar-refractivity contribution < 1.29 is 4.79 Å². The molecule has 0 radical (unpaired) electrons. The number of amides is 1. The van der Waals surface area contributed by atoms with E-state index in [-0.39, 0.29) is 17.6 Å². The first-order chi connectivity index (χ1) is 13.5. The van der Waals surface area contributed by atoms with Crippen molar-refractivity contribution in [3.63, 3.8) is 0 Å². The molecule has 0 bridgehead atoms. The van der Waals surface area contributed by atoms with Crippen LogP contribution in [0, 0.1) is 24.2 Å². The number of nitriles is 1. The van der Waals surface area contributed by atoms with E-state index in [2.05, 4.69) is 35.0 Å². The lowest BCUT2D eigenvalue weighted by Gasteiger charge is -2.22. The van der Waals surface area contributed by atoms with Crippen LogP contribution in [0.25, 0.3) is 16.7 Å². The molecule has 0 spiro atoms. The van der Waals surface area contributed by atoms with Gasteiger partial charge in [-0.3, -0.25) is 9.36 Å². The maximum Gasteiger partial charge on any atom is 0.231 e. The molecule has 5 nitrogen and oxygen atoms in total. The van der Waals surface area contributed by atoms with Crippen molar-refractivity contribution in [2.24, 2.45) is 5.92 Å². The van der Waals surface area contributed by atoms with Crippen LogP contribution in [0.15, 0.2) is 53.7 Å². The van der Waals surface area contributed by atoms with Gasteiger partial charge in [0.25, 0.3) is 0 Å². The van der Waals surface area contributed by atoms with E-state index in [0.29, 0.717) is 0 Å². The average molecular weight is 391 g/mol. The zero-order chi connectivity index (χ0) is 19.7. The normalized spacial score (nSPS) is 15.8. The van der Waals surface area contributed by atoms with Crippen LogP contribution in [-0.4, -0.2) is 26.8 Å². The quantitative estimate of drug-likeness (QED) is 0.639. The van der Waals surface area contributed by atoms with E-state index in [1.165, 1.54) is 11.8 Å². The number of rotatable bonds is 6. The SMILES string of the molecule is Cc1cccc(-n2c(SCC(=O)NC(C)(C#N)C3CC3)nc3ccccc32)c1. The van der Waals surface area contributed by atoms with Gasteiger partial charge >= 0.3 is 0 Å². The topological polar surface area (TPSA) is 70.7 Å². The molecule has 142 valence electrons. The number of hydrogen-bond donors (Lipinski definition) is 1. The third kappa shape index (κ3) is 3.63. The van der Waals surface area contributed by atoms with Crippen LogP contribution in [0.5, 0.6) is 0 Å². The van der Waals surface area contributed by atoms with Crippen LogP contribution in [0.3, 0.4) is 0 Å². The summed E-state index contributed by atoms with van der Waals surface area (Å²) in [6.45, 7) is 3.87. The molecular formula is C22H22N4OS. The second kappa shape index (κ2) is 7.33. The van der Waals surface area contributed by atoms with Gasteiger partial charge in [0.05, 0.1) is 22.9 Å². The van der Waals surface area contributed by atoms with Gasteiger partial charge in [-0.05, 0) is 62.4 Å². The first-order valence-electron chi connectivity index (χ1n) is 9.40. The monoisotopic (exact) mass is 390 g/mol. The number of nitrogens with zero attached hydrogens (tertiary/aromatic N) is 3. The van der Waals surface area contributed by atoms with Crippen molar-refractivity contribution in [2.45, 2.75) is 37.4 Å². The number of thioether (sulfide) groups is 1. The summed E-state index contributed by atoms with van der Waals surface area (Å²) < 4.78 is 2.09. The Morgan fingerprint density at radius 2 is 2.11 bits per heavy atom. The highest BCUT2D eigenvalue weighted by Crippen LogP contribution is 2.39. The standard InChI is InChI=1S/C22H22N4OS/c1-15-6-5-7-17(12-15)26-19-9-4-3-8-18(19)24-21(26)28-13-20(27)25-22(2,14-23)16-10-11-16/h3-9,12,16H,10-11,13H2,1-2H3,(H,25,27). The molecule has 2 aromatic carbocycles. The fourth-order valence-corrected chi connectivity index (χ4v) is 4.28. The van der Waals surface area contributed by atoms with Crippen molar-refractivity contribution in [2.75, 3.05) is 5.75 Å². The minimum Gasteiger partial charge on any atom is -0.337 e. The molecule has 1 heterocycles. The highest BCUT2D eigenvalue weighted by molar-refractivity contribution is 7.99. The summed E-state index contributed by atoms with van der Waals surface area (Å²) in [6.07, 6.45) is 2.00. The van der Waals surface area contributed by atoms with Crippen molar-refractivity contribution in [1.82, 2.24) is 14.9 Å². The number of carbonyl (C=O) groups excluding carboxylic acids is 1. The Morgan fingerprint density at radius 1 is 1.32 bits per heavy atom. The van der Waals surface area contributed by atoms with E-state index >= 15 is 0 Å². The van der Waals surface area contributed by atoms with Gasteiger partial charge in [0.1, 0.15) is 5.54 Å². The number of aromatic nitrogens is 2. The summed E-state index contributed by atoms with van der Waals surface area (Å²) in [6, 6.07) is 18.5. The maximum absolute atomic E-state index is 12.5. The van der Waals surface area contributed by atoms with Gasteiger partial charge < -0.3 is 5.32 Å². The summed E-state index contributed by atoms with van der Waals surface area (Å²) in [4.78, 5) is 17.3. The third-order valence-corrected chi connectivity index (χ3v) is 6.09. The summed E-state index contributed by atoms with van der Waals surface area (Å²) in [7, 11) is 0. The number of fused-ring (bicyclic) bond motifs is 1. The zero-order valence-corrected chi connectivity index (χ0v) is 16.8. The molecule has 1 fully saturated rings. The van der Waals surface area contributed by atoms with E-state index in [1.807, 2.05) is 43.3 Å². The molecule has 3 aromatic rings. The first kappa shape index (κ1) is 18.6. The van der Waals surface area contributed by atoms with Gasteiger partial charge in [-0.15, -0.1) is 0 Å². The molecule has 28 heavy (non-hydrogen) atoms. The molecule has 6 heteroatoms. The van der Waals surface area contributed by atoms with E-state index < -0.39 is 5.54 Å². The molecule has 1 unspecified atom stereocenters. The molecule has 1 aliphatic rings. The highest BCUT2D eigenvalue weighted by Gasteiger charge is 2.42. The second-order valence-corrected chi connectivity index (χ2v) is 8.43. The van der Waals surface area contributed by atoms with Gasteiger partial charge in [0, 0.05) is 5.69 Å². The Hall–Kier alpha value is -2.78. The van der Waals surface area contributed by atoms with Crippen molar-refractivity contribution >= 4 is 28.7 Å². The molecule has 1 aliphatic carbocycles. The number of nitrogens with one attached hydrogen (secondary N) is 1. The fourth-order valence-electron chi connectivity index (χ4n) is 3.46. The van der Waals surface area contributed by atoms with Gasteiger partial charge in [-0.2, -0.15) is 5.26 Å². The number of aryl methyl sites for hydroxylation is 1. The molecule has 1 amide bonds. The number of para-hydroxylation sites is 2. The van der Waals surface area contributed by atoms with Crippen molar-refractivity contribution in [3.05, 3.63) is 54.1 Å². The van der Waals surface area contributed by atoms with Crippen LogP contribution in [-0.2, 0) is 4.79 Å². The minimum atomic E-state index is -0.770. The first-order valence-corrected chi connectivity index (χ1v) is 10.4. The second-order valence-electron chi connectivity index (χ2n) is 7.48. The predicted molar refractivity (Wildman–Crippen MR) is 111 cm³/mol. The van der Waals surface area contributed by atoms with Gasteiger partial charge in [0.2, 0.25) is 5.91 Å². The number of hydrogen-bond acceptors (Lipinski definition) is 4. The smallest absolute Gasteiger partial charge is 0.231 e. The number of imidazole rings is 1. The minimum absolute atomic E-state index is 0.135. The molecule has 0 saturated heterocycles. The Bertz CT molecular complexity index is 1080. The summed E-state index contributed by atoms with van der Waals surface area (Å²) in [5.41, 5.74) is 3.33. The van der Waals surface area contributed by atoms with Crippen molar-refractivity contribution in [3.8, 4) is 11.8 Å². The van der Waals surface area contributed by atoms with Crippen LogP contribution < -0.4 is 5.32 Å². The Labute approximate surface area is 168 Å². The third-order valence-electron chi connectivity index (χ3n) is 5.15.